The summed E-state index contributed by atoms with van der Waals surface area (Å²) < 4.78 is 11.0. The van der Waals surface area contributed by atoms with Gasteiger partial charge in [-0.25, -0.2) is 9.59 Å². The Labute approximate surface area is 242 Å². The van der Waals surface area contributed by atoms with Crippen molar-refractivity contribution in [3.05, 3.63) is 70.8 Å². The van der Waals surface area contributed by atoms with Gasteiger partial charge in [-0.3, -0.25) is 4.79 Å². The first-order valence-electron chi connectivity index (χ1n) is 13.8. The van der Waals surface area contributed by atoms with Crippen LogP contribution in [-0.2, 0) is 27.4 Å². The van der Waals surface area contributed by atoms with E-state index in [9.17, 15) is 19.5 Å². The third kappa shape index (κ3) is 9.25. The van der Waals surface area contributed by atoms with Crippen LogP contribution in [0.5, 0.6) is 0 Å². The van der Waals surface area contributed by atoms with Crippen molar-refractivity contribution in [2.24, 2.45) is 0 Å². The lowest BCUT2D eigenvalue weighted by Gasteiger charge is -2.34. The zero-order valence-electron chi connectivity index (χ0n) is 24.8. The Morgan fingerprint density at radius 2 is 1.88 bits per heavy atom. The summed E-state index contributed by atoms with van der Waals surface area (Å²) in [6.45, 7) is 11.3. The third-order valence-electron chi connectivity index (χ3n) is 6.72. The number of nitrogens with one attached hydrogen (secondary N) is 1. The van der Waals surface area contributed by atoms with Crippen molar-refractivity contribution in [2.45, 2.75) is 84.9 Å². The monoisotopic (exact) mass is 563 g/mol. The molecule has 41 heavy (non-hydrogen) atoms. The molecule has 2 aromatic carbocycles. The minimum Gasteiger partial charge on any atom is -0.445 e. The third-order valence-corrected chi connectivity index (χ3v) is 6.72. The van der Waals surface area contributed by atoms with Crippen LogP contribution in [-0.4, -0.2) is 69.9 Å². The van der Waals surface area contributed by atoms with E-state index >= 15 is 0 Å². The fourth-order valence-electron chi connectivity index (χ4n) is 4.70. The maximum absolute atomic E-state index is 13.5. The number of hydrogen-bond donors (Lipinski definition) is 2. The van der Waals surface area contributed by atoms with Gasteiger partial charge in [0.15, 0.2) is 0 Å². The van der Waals surface area contributed by atoms with E-state index in [1.165, 1.54) is 9.80 Å². The first-order valence-corrected chi connectivity index (χ1v) is 13.8. The minimum atomic E-state index is -1.23. The van der Waals surface area contributed by atoms with Crippen LogP contribution in [0.25, 0.3) is 0 Å². The van der Waals surface area contributed by atoms with Gasteiger partial charge in [0.1, 0.15) is 24.4 Å². The molecule has 0 radical (unpaired) electrons. The average molecular weight is 564 g/mol. The van der Waals surface area contributed by atoms with Crippen molar-refractivity contribution in [2.75, 3.05) is 13.1 Å². The number of hydrogen-bond acceptors (Lipinski definition) is 6. The highest BCUT2D eigenvalue weighted by Gasteiger charge is 2.41. The summed E-state index contributed by atoms with van der Waals surface area (Å²) in [5.41, 5.74) is 3.15. The topological polar surface area (TPSA) is 108 Å². The van der Waals surface area contributed by atoms with Crippen LogP contribution >= 0.6 is 0 Å². The van der Waals surface area contributed by atoms with E-state index in [1.54, 1.807) is 27.7 Å². The van der Waals surface area contributed by atoms with Crippen molar-refractivity contribution in [3.63, 3.8) is 0 Å². The highest BCUT2D eigenvalue weighted by atomic mass is 16.6. The number of carbonyl (C=O) groups is 3. The summed E-state index contributed by atoms with van der Waals surface area (Å²) in [5, 5.41) is 13.7. The Morgan fingerprint density at radius 3 is 2.51 bits per heavy atom. The lowest BCUT2D eigenvalue weighted by atomic mass is 10.0. The first-order chi connectivity index (χ1) is 19.4. The maximum Gasteiger partial charge on any atom is 0.410 e. The second-order valence-electron chi connectivity index (χ2n) is 11.3. The summed E-state index contributed by atoms with van der Waals surface area (Å²) in [6.07, 6.45) is -2.17. The number of benzene rings is 2. The molecule has 9 heteroatoms. The van der Waals surface area contributed by atoms with E-state index in [2.05, 4.69) is 17.2 Å². The molecule has 3 rings (SSSR count). The number of nitrogens with zero attached hydrogens (tertiary/aromatic N) is 2. The van der Waals surface area contributed by atoms with Crippen LogP contribution in [0.2, 0.25) is 0 Å². The molecule has 0 unspecified atom stereocenters. The van der Waals surface area contributed by atoms with E-state index in [0.29, 0.717) is 6.42 Å². The summed E-state index contributed by atoms with van der Waals surface area (Å²) in [4.78, 5) is 42.2. The standard InChI is InChI=1S/C32H41N3O6/c1-7-11-28(36)27(35-17-16-26(29(35)37)33-30(38)41-32(4,5)6)20-34(19-25-15-14-22(2)18-23(25)3)31(39)40-21-24-12-9-8-10-13-24/h8-10,12-15,18,26-28,36H,16-17,19-21H2,1-6H3,(H,33,38)/t26-,27-,28+/m0/s1. The van der Waals surface area contributed by atoms with Gasteiger partial charge in [0.05, 0.1) is 6.04 Å². The van der Waals surface area contributed by atoms with Gasteiger partial charge in [0, 0.05) is 19.6 Å². The predicted octanol–water partition coefficient (Wildman–Crippen LogP) is 4.32. The van der Waals surface area contributed by atoms with Crippen molar-refractivity contribution in [1.82, 2.24) is 15.1 Å². The highest BCUT2D eigenvalue weighted by Crippen LogP contribution is 2.22. The predicted molar refractivity (Wildman–Crippen MR) is 156 cm³/mol. The Morgan fingerprint density at radius 1 is 1.17 bits per heavy atom. The number of aryl methyl sites for hydroxylation is 2. The molecule has 1 fully saturated rings. The van der Waals surface area contributed by atoms with Crippen molar-refractivity contribution in [1.29, 1.82) is 0 Å². The van der Waals surface area contributed by atoms with Gasteiger partial charge in [-0.2, -0.15) is 0 Å². The largest absolute Gasteiger partial charge is 0.445 e. The number of amides is 3. The van der Waals surface area contributed by atoms with E-state index < -0.39 is 36.0 Å². The number of aliphatic hydroxyl groups excluding tert-OH is 1. The Kier molecular flexibility index (Phi) is 10.8. The molecule has 1 aliphatic rings. The van der Waals surface area contributed by atoms with E-state index in [0.717, 1.165) is 22.3 Å². The molecule has 1 saturated heterocycles. The summed E-state index contributed by atoms with van der Waals surface area (Å²) in [7, 11) is 0. The first kappa shape index (κ1) is 31.5. The number of rotatable bonds is 9. The molecular formula is C32H41N3O6. The molecule has 9 nitrogen and oxygen atoms in total. The van der Waals surface area contributed by atoms with Crippen LogP contribution in [0.3, 0.4) is 0 Å². The number of carbonyl (C=O) groups excluding carboxylic acids is 3. The maximum atomic E-state index is 13.5. The van der Waals surface area contributed by atoms with Gasteiger partial charge in [0.25, 0.3) is 0 Å². The summed E-state index contributed by atoms with van der Waals surface area (Å²) in [6, 6.07) is 13.7. The van der Waals surface area contributed by atoms with E-state index in [-0.39, 0.29) is 32.1 Å². The molecule has 3 amide bonds. The van der Waals surface area contributed by atoms with Crippen molar-refractivity contribution >= 4 is 18.1 Å². The number of aliphatic hydroxyl groups is 1. The van der Waals surface area contributed by atoms with Crippen LogP contribution in [0.15, 0.2) is 48.5 Å². The molecule has 2 aromatic rings. The lowest BCUT2D eigenvalue weighted by Crippen LogP contribution is -2.54. The molecule has 3 atom stereocenters. The normalized spacial score (nSPS) is 16.3. The fraction of sp³-hybridized carbons (Fsp3) is 0.469. The van der Waals surface area contributed by atoms with Crippen LogP contribution < -0.4 is 5.32 Å². The zero-order valence-corrected chi connectivity index (χ0v) is 24.8. The SMILES string of the molecule is CC#C[C@@H](O)[C@H](CN(Cc1ccc(C)cc1C)C(=O)OCc1ccccc1)N1CC[C@H](NC(=O)OC(C)(C)C)C1=O. The van der Waals surface area contributed by atoms with Gasteiger partial charge >= 0.3 is 12.2 Å². The fourth-order valence-corrected chi connectivity index (χ4v) is 4.70. The van der Waals surface area contributed by atoms with Gasteiger partial charge in [-0.15, -0.1) is 5.92 Å². The Bertz CT molecular complexity index is 1280. The molecule has 0 saturated carbocycles. The molecular weight excluding hydrogens is 522 g/mol. The zero-order chi connectivity index (χ0) is 30.2. The smallest absolute Gasteiger partial charge is 0.410 e. The Hall–Kier alpha value is -4.03. The molecule has 220 valence electrons. The molecule has 0 bridgehead atoms. The molecule has 0 spiro atoms. The number of ether oxygens (including phenoxy) is 2. The molecule has 0 aliphatic carbocycles. The van der Waals surface area contributed by atoms with E-state index in [1.807, 2.05) is 62.4 Å². The molecule has 2 N–H and O–H groups in total. The molecule has 0 aromatic heterocycles. The average Bonchev–Trinajstić information content (AvgIpc) is 3.25. The lowest BCUT2D eigenvalue weighted by molar-refractivity contribution is -0.133. The van der Waals surface area contributed by atoms with Gasteiger partial charge in [-0.05, 0) is 64.7 Å². The Balaban J connectivity index is 1.84. The van der Waals surface area contributed by atoms with Crippen molar-refractivity contribution < 1.29 is 29.0 Å². The van der Waals surface area contributed by atoms with Crippen LogP contribution in [0, 0.1) is 25.7 Å². The quantitative estimate of drug-likeness (QED) is 0.440. The number of alkyl carbamates (subject to hydrolysis) is 1. The summed E-state index contributed by atoms with van der Waals surface area (Å²) >= 11 is 0. The van der Waals surface area contributed by atoms with E-state index in [4.69, 9.17) is 9.47 Å². The highest BCUT2D eigenvalue weighted by molar-refractivity contribution is 5.88. The van der Waals surface area contributed by atoms with Gasteiger partial charge in [-0.1, -0.05) is 60.0 Å². The molecule has 1 heterocycles. The van der Waals surface area contributed by atoms with Crippen LogP contribution in [0.4, 0.5) is 9.59 Å². The second-order valence-corrected chi connectivity index (χ2v) is 11.3. The minimum absolute atomic E-state index is 0.0261. The molecule has 1 aliphatic heterocycles. The van der Waals surface area contributed by atoms with Crippen molar-refractivity contribution in [3.8, 4) is 11.8 Å². The van der Waals surface area contributed by atoms with Gasteiger partial charge in [0.2, 0.25) is 5.91 Å². The summed E-state index contributed by atoms with van der Waals surface area (Å²) in [5.74, 6) is 5.07. The van der Waals surface area contributed by atoms with Crippen LogP contribution in [0.1, 0.15) is 56.4 Å². The van der Waals surface area contributed by atoms with Gasteiger partial charge < -0.3 is 29.7 Å². The number of likely N-dealkylation sites (tertiary alicyclic amines) is 1. The second kappa shape index (κ2) is 14.0.